The number of aromatic amines is 1. The molecule has 0 atom stereocenters. The molecule has 2 aromatic rings. The first-order valence-corrected chi connectivity index (χ1v) is 8.55. The summed E-state index contributed by atoms with van der Waals surface area (Å²) in [5.74, 6) is 0.685. The van der Waals surface area contributed by atoms with Crippen LogP contribution in [0.25, 0.3) is 6.08 Å². The molecule has 128 valence electrons. The highest BCUT2D eigenvalue weighted by Gasteiger charge is 2.15. The monoisotopic (exact) mass is 413 g/mol. The predicted octanol–water partition coefficient (Wildman–Crippen LogP) is 3.36. The van der Waals surface area contributed by atoms with Crippen molar-refractivity contribution in [1.82, 2.24) is 15.2 Å². The van der Waals surface area contributed by atoms with Crippen LogP contribution >= 0.6 is 27.7 Å². The van der Waals surface area contributed by atoms with Crippen LogP contribution in [0.15, 0.2) is 26.7 Å². The number of aliphatic carboxylic acids is 1. The molecule has 2 N–H and O–H groups in total. The van der Waals surface area contributed by atoms with E-state index in [1.54, 1.807) is 12.1 Å². The minimum atomic E-state index is -1.06. The van der Waals surface area contributed by atoms with Gasteiger partial charge in [0.05, 0.1) is 18.7 Å². The molecule has 0 aliphatic rings. The Labute approximate surface area is 151 Å². The third-order valence-electron chi connectivity index (χ3n) is 3.01. The summed E-state index contributed by atoms with van der Waals surface area (Å²) in [6, 6.07) is 3.45. The number of nitrogens with zero attached hydrogens (tertiary/aromatic N) is 2. The molecule has 0 spiro atoms. The molecule has 0 amide bonds. The molecule has 0 unspecified atom stereocenters. The summed E-state index contributed by atoms with van der Waals surface area (Å²) >= 11 is 4.37. The maximum atomic E-state index is 11.5. The number of aromatic nitrogens is 3. The Hall–Kier alpha value is -2.00. The minimum Gasteiger partial charge on any atom is -0.493 e. The van der Waals surface area contributed by atoms with Crippen molar-refractivity contribution in [2.24, 2.45) is 0 Å². The van der Waals surface area contributed by atoms with E-state index in [4.69, 9.17) is 9.47 Å². The van der Waals surface area contributed by atoms with Crippen LogP contribution in [0.3, 0.4) is 0 Å². The molecule has 0 saturated carbocycles. The van der Waals surface area contributed by atoms with Crippen LogP contribution in [-0.2, 0) is 11.2 Å². The van der Waals surface area contributed by atoms with Crippen molar-refractivity contribution in [3.8, 4) is 11.5 Å². The highest BCUT2D eigenvalue weighted by atomic mass is 79.9. The Balaban J connectivity index is 2.37. The molecule has 9 heteroatoms. The van der Waals surface area contributed by atoms with Gasteiger partial charge in [0.2, 0.25) is 5.16 Å². The smallest absolute Gasteiger partial charge is 0.342 e. The first kappa shape index (κ1) is 18.3. The third-order valence-corrected chi connectivity index (χ3v) is 4.48. The van der Waals surface area contributed by atoms with Crippen molar-refractivity contribution >= 4 is 39.7 Å². The average molecular weight is 414 g/mol. The van der Waals surface area contributed by atoms with Crippen molar-refractivity contribution in [3.05, 3.63) is 32.9 Å². The molecular weight excluding hydrogens is 398 g/mol. The number of aryl methyl sites for hydroxylation is 1. The second kappa shape index (κ2) is 8.20. The summed E-state index contributed by atoms with van der Waals surface area (Å²) in [6.07, 6.45) is 2.23. The first-order chi connectivity index (χ1) is 11.5. The van der Waals surface area contributed by atoms with Gasteiger partial charge in [-0.05, 0) is 51.5 Å². The SMILES string of the molecule is CCc1nc(S/C(=C/c2cc(Br)c(OC)c(OC)c2)C(=O)O)n[nH]1. The summed E-state index contributed by atoms with van der Waals surface area (Å²) in [5.41, 5.74) is 0.649. The number of nitrogens with one attached hydrogen (secondary N) is 1. The van der Waals surface area contributed by atoms with E-state index in [1.165, 1.54) is 20.3 Å². The number of ether oxygens (including phenoxy) is 2. The maximum absolute atomic E-state index is 11.5. The summed E-state index contributed by atoms with van der Waals surface area (Å²) < 4.78 is 11.2. The Kier molecular flexibility index (Phi) is 6.27. The molecule has 7 nitrogen and oxygen atoms in total. The van der Waals surface area contributed by atoms with E-state index in [-0.39, 0.29) is 4.91 Å². The largest absolute Gasteiger partial charge is 0.493 e. The Morgan fingerprint density at radius 2 is 2.17 bits per heavy atom. The van der Waals surface area contributed by atoms with Crippen LogP contribution in [0.5, 0.6) is 11.5 Å². The normalized spacial score (nSPS) is 11.4. The van der Waals surface area contributed by atoms with E-state index in [2.05, 4.69) is 31.1 Å². The van der Waals surface area contributed by atoms with Gasteiger partial charge in [-0.1, -0.05) is 6.92 Å². The number of halogens is 1. The fraction of sp³-hybridized carbons (Fsp3) is 0.267. The van der Waals surface area contributed by atoms with Gasteiger partial charge in [-0.15, -0.1) is 5.10 Å². The van der Waals surface area contributed by atoms with Crippen molar-refractivity contribution in [2.45, 2.75) is 18.5 Å². The third kappa shape index (κ3) is 4.30. The molecule has 24 heavy (non-hydrogen) atoms. The molecular formula is C15H16BrN3O4S. The molecule has 1 aromatic heterocycles. The molecule has 0 saturated heterocycles. The molecule has 0 aliphatic carbocycles. The summed E-state index contributed by atoms with van der Waals surface area (Å²) in [4.78, 5) is 15.8. The van der Waals surface area contributed by atoms with Crippen molar-refractivity contribution in [2.75, 3.05) is 14.2 Å². The lowest BCUT2D eigenvalue weighted by molar-refractivity contribution is -0.131. The predicted molar refractivity (Wildman–Crippen MR) is 94.5 cm³/mol. The highest BCUT2D eigenvalue weighted by Crippen LogP contribution is 2.37. The van der Waals surface area contributed by atoms with Gasteiger partial charge in [-0.25, -0.2) is 9.78 Å². The molecule has 0 aliphatic heterocycles. The van der Waals surface area contributed by atoms with E-state index < -0.39 is 5.97 Å². The second-order valence-corrected chi connectivity index (χ2v) is 6.44. The molecule has 1 heterocycles. The van der Waals surface area contributed by atoms with Crippen LogP contribution in [0, 0.1) is 0 Å². The number of carboxylic acids is 1. The van der Waals surface area contributed by atoms with Gasteiger partial charge in [0, 0.05) is 6.42 Å². The molecule has 0 bridgehead atoms. The van der Waals surface area contributed by atoms with Crippen LogP contribution in [0.2, 0.25) is 0 Å². The highest BCUT2D eigenvalue weighted by molar-refractivity contribution is 9.10. The number of methoxy groups -OCH3 is 2. The molecule has 1 aromatic carbocycles. The molecule has 0 radical (unpaired) electrons. The summed E-state index contributed by atoms with van der Waals surface area (Å²) in [7, 11) is 3.05. The van der Waals surface area contributed by atoms with E-state index >= 15 is 0 Å². The zero-order valence-electron chi connectivity index (χ0n) is 13.3. The number of carboxylic acid groups (broad SMARTS) is 1. The fourth-order valence-corrected chi connectivity index (χ4v) is 3.24. The first-order valence-electron chi connectivity index (χ1n) is 6.94. The summed E-state index contributed by atoms with van der Waals surface area (Å²) in [5, 5.41) is 16.6. The van der Waals surface area contributed by atoms with Crippen molar-refractivity contribution in [1.29, 1.82) is 0 Å². The van der Waals surface area contributed by atoms with Gasteiger partial charge in [0.1, 0.15) is 10.7 Å². The number of carbonyl (C=O) groups is 1. The van der Waals surface area contributed by atoms with Crippen LogP contribution in [-0.4, -0.2) is 40.5 Å². The van der Waals surface area contributed by atoms with Crippen LogP contribution in [0.4, 0.5) is 0 Å². The minimum absolute atomic E-state index is 0.0933. The topological polar surface area (TPSA) is 97.3 Å². The van der Waals surface area contributed by atoms with Crippen molar-refractivity contribution in [3.63, 3.8) is 0 Å². The lowest BCUT2D eigenvalue weighted by Gasteiger charge is -2.10. The van der Waals surface area contributed by atoms with E-state index in [9.17, 15) is 9.90 Å². The maximum Gasteiger partial charge on any atom is 0.342 e. The Morgan fingerprint density at radius 1 is 1.42 bits per heavy atom. The van der Waals surface area contributed by atoms with E-state index in [0.29, 0.717) is 38.9 Å². The van der Waals surface area contributed by atoms with Gasteiger partial charge >= 0.3 is 5.97 Å². The van der Waals surface area contributed by atoms with Gasteiger partial charge in [-0.3, -0.25) is 5.10 Å². The second-order valence-electron chi connectivity index (χ2n) is 4.57. The Morgan fingerprint density at radius 3 is 2.71 bits per heavy atom. The fourth-order valence-electron chi connectivity index (χ4n) is 1.89. The lowest BCUT2D eigenvalue weighted by atomic mass is 10.2. The standard InChI is InChI=1S/C15H16BrN3O4S/c1-4-12-17-15(19-18-12)24-11(14(20)21)7-8-5-9(16)13(23-3)10(6-8)22-2/h5-7H,4H2,1-3H3,(H,20,21)(H,17,18,19)/b11-7+. The van der Waals surface area contributed by atoms with Gasteiger partial charge < -0.3 is 14.6 Å². The lowest BCUT2D eigenvalue weighted by Crippen LogP contribution is -1.98. The summed E-state index contributed by atoms with van der Waals surface area (Å²) in [6.45, 7) is 1.93. The van der Waals surface area contributed by atoms with Gasteiger partial charge in [-0.2, -0.15) is 0 Å². The zero-order chi connectivity index (χ0) is 17.7. The quantitative estimate of drug-likeness (QED) is 0.530. The average Bonchev–Trinajstić information content (AvgIpc) is 3.01. The Bertz CT molecular complexity index is 776. The molecule has 0 fully saturated rings. The zero-order valence-corrected chi connectivity index (χ0v) is 15.7. The number of hydrogen-bond donors (Lipinski definition) is 2. The van der Waals surface area contributed by atoms with Gasteiger partial charge in [0.25, 0.3) is 0 Å². The van der Waals surface area contributed by atoms with Crippen molar-refractivity contribution < 1.29 is 19.4 Å². The van der Waals surface area contributed by atoms with Crippen LogP contribution in [0.1, 0.15) is 18.3 Å². The molecule has 2 rings (SSSR count). The number of hydrogen-bond acceptors (Lipinski definition) is 6. The number of benzene rings is 1. The van der Waals surface area contributed by atoms with Crippen LogP contribution < -0.4 is 9.47 Å². The number of rotatable bonds is 7. The van der Waals surface area contributed by atoms with Gasteiger partial charge in [0.15, 0.2) is 11.5 Å². The number of thioether (sulfide) groups is 1. The number of H-pyrrole nitrogens is 1. The van der Waals surface area contributed by atoms with E-state index in [0.717, 1.165) is 11.8 Å². The van der Waals surface area contributed by atoms with E-state index in [1.807, 2.05) is 6.92 Å².